The molecule has 5 heteroatoms. The zero-order chi connectivity index (χ0) is 16.7. The Morgan fingerprint density at radius 3 is 2.83 bits per heavy atom. The SMILES string of the molecule is CCCCOCCCNC(=O)Cc1noc2cc(C)cc(C)c12. The third kappa shape index (κ3) is 5.06. The predicted molar refractivity (Wildman–Crippen MR) is 90.5 cm³/mol. The Labute approximate surface area is 137 Å². The van der Waals surface area contributed by atoms with Gasteiger partial charge in [-0.25, -0.2) is 0 Å². The number of hydrogen-bond acceptors (Lipinski definition) is 4. The van der Waals surface area contributed by atoms with Crippen molar-refractivity contribution in [3.8, 4) is 0 Å². The van der Waals surface area contributed by atoms with Crippen LogP contribution in [-0.2, 0) is 16.0 Å². The van der Waals surface area contributed by atoms with E-state index in [1.54, 1.807) is 0 Å². The van der Waals surface area contributed by atoms with E-state index in [4.69, 9.17) is 9.26 Å². The predicted octanol–water partition coefficient (Wildman–Crippen LogP) is 3.31. The number of aromatic nitrogens is 1. The van der Waals surface area contributed by atoms with Gasteiger partial charge < -0.3 is 14.6 Å². The highest BCUT2D eigenvalue weighted by atomic mass is 16.5. The number of nitrogens with one attached hydrogen (secondary N) is 1. The number of amides is 1. The van der Waals surface area contributed by atoms with Crippen LogP contribution >= 0.6 is 0 Å². The summed E-state index contributed by atoms with van der Waals surface area (Å²) in [6.07, 6.45) is 3.30. The van der Waals surface area contributed by atoms with Crippen molar-refractivity contribution < 1.29 is 14.1 Å². The molecular formula is C18H26N2O3. The summed E-state index contributed by atoms with van der Waals surface area (Å²) in [6, 6.07) is 4.03. The molecule has 0 saturated carbocycles. The number of aryl methyl sites for hydroxylation is 2. The summed E-state index contributed by atoms with van der Waals surface area (Å²) in [5, 5.41) is 7.91. The molecular weight excluding hydrogens is 292 g/mol. The zero-order valence-corrected chi connectivity index (χ0v) is 14.3. The van der Waals surface area contributed by atoms with Gasteiger partial charge in [0.1, 0.15) is 5.69 Å². The van der Waals surface area contributed by atoms with Crippen molar-refractivity contribution >= 4 is 16.9 Å². The Balaban J connectivity index is 1.80. The smallest absolute Gasteiger partial charge is 0.226 e. The molecule has 5 nitrogen and oxygen atoms in total. The molecule has 0 saturated heterocycles. The normalized spacial score (nSPS) is 11.1. The third-order valence-corrected chi connectivity index (χ3v) is 3.74. The van der Waals surface area contributed by atoms with Crippen LogP contribution in [0.5, 0.6) is 0 Å². The maximum absolute atomic E-state index is 12.0. The molecule has 0 aliphatic carbocycles. The lowest BCUT2D eigenvalue weighted by Crippen LogP contribution is -2.27. The largest absolute Gasteiger partial charge is 0.381 e. The maximum atomic E-state index is 12.0. The summed E-state index contributed by atoms with van der Waals surface area (Å²) in [6.45, 7) is 8.28. The van der Waals surface area contributed by atoms with Crippen molar-refractivity contribution in [3.05, 3.63) is 29.0 Å². The van der Waals surface area contributed by atoms with E-state index in [-0.39, 0.29) is 12.3 Å². The average Bonchev–Trinajstić information content (AvgIpc) is 2.89. The molecule has 126 valence electrons. The summed E-state index contributed by atoms with van der Waals surface area (Å²) in [5.74, 6) is -0.0336. The van der Waals surface area contributed by atoms with Crippen LogP contribution in [0.2, 0.25) is 0 Å². The Morgan fingerprint density at radius 1 is 1.26 bits per heavy atom. The fourth-order valence-electron chi connectivity index (χ4n) is 2.61. The monoisotopic (exact) mass is 318 g/mol. The number of hydrogen-bond donors (Lipinski definition) is 1. The van der Waals surface area contributed by atoms with Crippen LogP contribution < -0.4 is 5.32 Å². The summed E-state index contributed by atoms with van der Waals surface area (Å²) in [7, 11) is 0. The third-order valence-electron chi connectivity index (χ3n) is 3.74. The Kier molecular flexibility index (Phi) is 6.59. The first-order chi connectivity index (χ1) is 11.1. The van der Waals surface area contributed by atoms with Crippen LogP contribution in [0.4, 0.5) is 0 Å². The van der Waals surface area contributed by atoms with Crippen molar-refractivity contribution in [2.24, 2.45) is 0 Å². The van der Waals surface area contributed by atoms with Gasteiger partial charge in [0.25, 0.3) is 0 Å². The van der Waals surface area contributed by atoms with Crippen molar-refractivity contribution in [2.75, 3.05) is 19.8 Å². The Morgan fingerprint density at radius 2 is 2.04 bits per heavy atom. The van der Waals surface area contributed by atoms with Crippen LogP contribution in [0.1, 0.15) is 43.0 Å². The molecule has 0 bridgehead atoms. The molecule has 1 aromatic heterocycles. The van der Waals surface area contributed by atoms with E-state index in [1.165, 1.54) is 0 Å². The first-order valence-corrected chi connectivity index (χ1v) is 8.31. The molecule has 0 fully saturated rings. The number of nitrogens with zero attached hydrogens (tertiary/aromatic N) is 1. The molecule has 2 aromatic rings. The molecule has 2 rings (SSSR count). The van der Waals surface area contributed by atoms with E-state index in [9.17, 15) is 4.79 Å². The molecule has 23 heavy (non-hydrogen) atoms. The Hall–Kier alpha value is -1.88. The molecule has 1 heterocycles. The second-order valence-electron chi connectivity index (χ2n) is 5.93. The van der Waals surface area contributed by atoms with Gasteiger partial charge >= 0.3 is 0 Å². The molecule has 1 aromatic carbocycles. The van der Waals surface area contributed by atoms with E-state index in [0.717, 1.165) is 48.0 Å². The highest BCUT2D eigenvalue weighted by Crippen LogP contribution is 2.24. The van der Waals surface area contributed by atoms with E-state index in [0.29, 0.717) is 18.8 Å². The zero-order valence-electron chi connectivity index (χ0n) is 14.3. The van der Waals surface area contributed by atoms with E-state index >= 15 is 0 Å². The lowest BCUT2D eigenvalue weighted by Gasteiger charge is -2.05. The van der Waals surface area contributed by atoms with Gasteiger partial charge in [0.15, 0.2) is 5.58 Å². The summed E-state index contributed by atoms with van der Waals surface area (Å²) >= 11 is 0. The molecule has 0 spiro atoms. The molecule has 0 aliphatic rings. The second-order valence-corrected chi connectivity index (χ2v) is 5.93. The lowest BCUT2D eigenvalue weighted by molar-refractivity contribution is -0.120. The van der Waals surface area contributed by atoms with Gasteiger partial charge in [-0.2, -0.15) is 0 Å². The molecule has 0 unspecified atom stereocenters. The number of fused-ring (bicyclic) bond motifs is 1. The number of unbranched alkanes of at least 4 members (excludes halogenated alkanes) is 1. The number of carbonyl (C=O) groups excluding carboxylic acids is 1. The number of rotatable bonds is 9. The highest BCUT2D eigenvalue weighted by molar-refractivity contribution is 5.88. The van der Waals surface area contributed by atoms with Gasteiger partial charge in [0, 0.05) is 25.1 Å². The molecule has 1 N–H and O–H groups in total. The van der Waals surface area contributed by atoms with Crippen LogP contribution in [0.15, 0.2) is 16.7 Å². The quantitative estimate of drug-likeness (QED) is 0.720. The van der Waals surface area contributed by atoms with Gasteiger partial charge in [-0.1, -0.05) is 24.6 Å². The van der Waals surface area contributed by atoms with Crippen molar-refractivity contribution in [1.82, 2.24) is 10.5 Å². The fourth-order valence-corrected chi connectivity index (χ4v) is 2.61. The summed E-state index contributed by atoms with van der Waals surface area (Å²) in [5.41, 5.74) is 3.67. The number of benzene rings is 1. The van der Waals surface area contributed by atoms with Crippen LogP contribution in [0.3, 0.4) is 0 Å². The minimum absolute atomic E-state index is 0.0336. The topological polar surface area (TPSA) is 64.4 Å². The van der Waals surface area contributed by atoms with Crippen LogP contribution in [0, 0.1) is 13.8 Å². The van der Waals surface area contributed by atoms with Crippen molar-refractivity contribution in [2.45, 2.75) is 46.5 Å². The van der Waals surface area contributed by atoms with Crippen LogP contribution in [-0.4, -0.2) is 30.8 Å². The van der Waals surface area contributed by atoms with Crippen molar-refractivity contribution in [3.63, 3.8) is 0 Å². The highest BCUT2D eigenvalue weighted by Gasteiger charge is 2.14. The van der Waals surface area contributed by atoms with Gasteiger partial charge in [0.05, 0.1) is 6.42 Å². The standard InChI is InChI=1S/C18H26N2O3/c1-4-5-8-22-9-6-7-19-17(21)12-15-18-14(3)10-13(2)11-16(18)23-20-15/h10-11H,4-9,12H2,1-3H3,(H,19,21). The summed E-state index contributed by atoms with van der Waals surface area (Å²) < 4.78 is 10.8. The molecule has 0 atom stereocenters. The number of carbonyl (C=O) groups is 1. The lowest BCUT2D eigenvalue weighted by atomic mass is 10.0. The molecule has 0 radical (unpaired) electrons. The van der Waals surface area contributed by atoms with E-state index in [2.05, 4.69) is 23.5 Å². The van der Waals surface area contributed by atoms with Gasteiger partial charge in [0.2, 0.25) is 5.91 Å². The van der Waals surface area contributed by atoms with Gasteiger partial charge in [-0.3, -0.25) is 4.79 Å². The molecule has 1 amide bonds. The van der Waals surface area contributed by atoms with Crippen molar-refractivity contribution in [1.29, 1.82) is 0 Å². The minimum atomic E-state index is -0.0336. The fraction of sp³-hybridized carbons (Fsp3) is 0.556. The van der Waals surface area contributed by atoms with Gasteiger partial charge in [-0.15, -0.1) is 0 Å². The first-order valence-electron chi connectivity index (χ1n) is 8.31. The molecule has 0 aliphatic heterocycles. The summed E-state index contributed by atoms with van der Waals surface area (Å²) in [4.78, 5) is 12.0. The average molecular weight is 318 g/mol. The van der Waals surface area contributed by atoms with E-state index in [1.807, 2.05) is 19.9 Å². The second kappa shape index (κ2) is 8.67. The van der Waals surface area contributed by atoms with Gasteiger partial charge in [-0.05, 0) is 43.9 Å². The maximum Gasteiger partial charge on any atom is 0.226 e. The minimum Gasteiger partial charge on any atom is -0.381 e. The first kappa shape index (κ1) is 17.5. The van der Waals surface area contributed by atoms with E-state index < -0.39 is 0 Å². The van der Waals surface area contributed by atoms with Crippen LogP contribution in [0.25, 0.3) is 11.0 Å². The Bertz CT molecular complexity index is 649. The number of ether oxygens (including phenoxy) is 1.